The van der Waals surface area contributed by atoms with Crippen LogP contribution < -0.4 is 11.5 Å². The van der Waals surface area contributed by atoms with Crippen LogP contribution in [0.3, 0.4) is 0 Å². The summed E-state index contributed by atoms with van der Waals surface area (Å²) < 4.78 is 0. The summed E-state index contributed by atoms with van der Waals surface area (Å²) in [5.41, 5.74) is 13.6. The Morgan fingerprint density at radius 1 is 1.11 bits per heavy atom. The molecular weight excluding hydrogens is 118 g/mol. The molecule has 0 saturated carbocycles. The van der Waals surface area contributed by atoms with E-state index in [2.05, 4.69) is 0 Å². The maximum atomic E-state index is 5.54. The van der Waals surface area contributed by atoms with Crippen molar-refractivity contribution in [3.05, 3.63) is 23.8 Å². The molecule has 0 radical (unpaired) electrons. The zero-order valence-electron chi connectivity index (χ0n) is 5.39. The Kier molecular flexibility index (Phi) is 1.30. The fraction of sp³-hybridized carbons (Fsp3) is 0.143. The molecular formula is C7H10N2. The van der Waals surface area contributed by atoms with E-state index in [0.717, 1.165) is 16.9 Å². The topological polar surface area (TPSA) is 52.0 Å². The van der Waals surface area contributed by atoms with Gasteiger partial charge in [0.2, 0.25) is 0 Å². The Balaban J connectivity index is 3.25. The molecule has 4 N–H and O–H groups in total. The lowest BCUT2D eigenvalue weighted by Crippen LogP contribution is -1.94. The highest BCUT2D eigenvalue weighted by atomic mass is 15.1. The highest BCUT2D eigenvalue weighted by molar-refractivity contribution is 5.59. The molecule has 0 aliphatic carbocycles. The van der Waals surface area contributed by atoms with Crippen molar-refractivity contribution in [1.82, 2.24) is 0 Å². The highest BCUT2D eigenvalue weighted by Gasteiger charge is 1.93. The lowest BCUT2D eigenvalue weighted by molar-refractivity contribution is 1.47. The van der Waals surface area contributed by atoms with Crippen molar-refractivity contribution in [2.24, 2.45) is 0 Å². The van der Waals surface area contributed by atoms with E-state index in [1.165, 1.54) is 0 Å². The molecule has 0 heterocycles. The van der Waals surface area contributed by atoms with Gasteiger partial charge in [-0.15, -0.1) is 0 Å². The molecule has 2 heteroatoms. The lowest BCUT2D eigenvalue weighted by atomic mass is 11.0. The monoisotopic (exact) mass is 128 g/mol. The van der Waals surface area contributed by atoms with Crippen LogP contribution in [-0.4, -0.2) is 0 Å². The van der Waals surface area contributed by atoms with Gasteiger partial charge >= 0.3 is 0 Å². The zero-order valence-corrected chi connectivity index (χ0v) is 5.39. The quantitative estimate of drug-likeness (QED) is 0.515. The standard InChI is InChI=1S/C7H10N2/c1-5-6(8)3-2-4-7(5)9/h2-4H,8-9H2,1H3/i2+1,3+1,4+1,5+1,6+1,7+1. The number of rotatable bonds is 0. The van der Waals surface area contributed by atoms with Crippen LogP contribution in [0.15, 0.2) is 18.2 Å². The Labute approximate surface area is 54.5 Å². The summed E-state index contributed by atoms with van der Waals surface area (Å²) in [5.74, 6) is 0. The van der Waals surface area contributed by atoms with Crippen LogP contribution in [0.2, 0.25) is 0 Å². The van der Waals surface area contributed by atoms with Crippen LogP contribution in [0, 0.1) is 6.92 Å². The second-order valence-corrected chi connectivity index (χ2v) is 2.06. The van der Waals surface area contributed by atoms with Gasteiger partial charge in [0, 0.05) is 11.4 Å². The van der Waals surface area contributed by atoms with Gasteiger partial charge in [0.25, 0.3) is 0 Å². The van der Waals surface area contributed by atoms with E-state index in [0.29, 0.717) is 0 Å². The van der Waals surface area contributed by atoms with Gasteiger partial charge in [-0.25, -0.2) is 0 Å². The van der Waals surface area contributed by atoms with Crippen molar-refractivity contribution in [3.63, 3.8) is 0 Å². The molecule has 1 rings (SSSR count). The third kappa shape index (κ3) is 0.964. The molecule has 1 aromatic carbocycles. The molecule has 0 bridgehead atoms. The van der Waals surface area contributed by atoms with Crippen LogP contribution in [0.1, 0.15) is 5.56 Å². The van der Waals surface area contributed by atoms with Gasteiger partial charge in [0.05, 0.1) is 0 Å². The highest BCUT2D eigenvalue weighted by Crippen LogP contribution is 2.16. The van der Waals surface area contributed by atoms with E-state index in [1.54, 1.807) is 0 Å². The van der Waals surface area contributed by atoms with Gasteiger partial charge in [-0.2, -0.15) is 0 Å². The van der Waals surface area contributed by atoms with E-state index >= 15 is 0 Å². The molecule has 0 amide bonds. The number of anilines is 2. The van der Waals surface area contributed by atoms with Crippen LogP contribution in [0.5, 0.6) is 0 Å². The number of hydrogen-bond acceptors (Lipinski definition) is 2. The summed E-state index contributed by atoms with van der Waals surface area (Å²) in [6.45, 7) is 1.91. The summed E-state index contributed by atoms with van der Waals surface area (Å²) in [4.78, 5) is 0. The first kappa shape index (κ1) is 5.95. The summed E-state index contributed by atoms with van der Waals surface area (Å²) >= 11 is 0. The molecule has 0 aliphatic heterocycles. The Bertz CT molecular complexity index is 198. The summed E-state index contributed by atoms with van der Waals surface area (Å²) in [6, 6.07) is 5.52. The van der Waals surface area contributed by atoms with E-state index in [4.69, 9.17) is 11.5 Å². The fourth-order valence-electron chi connectivity index (χ4n) is 0.672. The van der Waals surface area contributed by atoms with Gasteiger partial charge in [0.1, 0.15) is 0 Å². The average molecular weight is 128 g/mol. The Hall–Kier alpha value is -1.18. The number of benzene rings is 1. The number of nitrogen functional groups attached to an aromatic ring is 2. The molecule has 0 saturated heterocycles. The minimum atomic E-state index is 0.759. The Morgan fingerprint density at radius 3 is 1.89 bits per heavy atom. The van der Waals surface area contributed by atoms with Gasteiger partial charge in [-0.05, 0) is 24.6 Å². The fourth-order valence-corrected chi connectivity index (χ4v) is 0.672. The van der Waals surface area contributed by atoms with E-state index in [9.17, 15) is 0 Å². The largest absolute Gasteiger partial charge is 0.398 e. The molecule has 0 unspecified atom stereocenters. The van der Waals surface area contributed by atoms with Crippen molar-refractivity contribution in [2.45, 2.75) is 6.92 Å². The smallest absolute Gasteiger partial charge is 0.0364 e. The molecule has 9 heavy (non-hydrogen) atoms. The minimum Gasteiger partial charge on any atom is -0.398 e. The maximum Gasteiger partial charge on any atom is 0.0364 e. The van der Waals surface area contributed by atoms with Gasteiger partial charge in [-0.1, -0.05) is 6.07 Å². The van der Waals surface area contributed by atoms with Crippen molar-refractivity contribution >= 4 is 11.4 Å². The number of nitrogens with two attached hydrogens (primary N) is 2. The average Bonchev–Trinajstić information content (AvgIpc) is 1.83. The van der Waals surface area contributed by atoms with Crippen molar-refractivity contribution in [2.75, 3.05) is 11.5 Å². The molecule has 1 aromatic rings. The van der Waals surface area contributed by atoms with Gasteiger partial charge in [0.15, 0.2) is 0 Å². The lowest BCUT2D eigenvalue weighted by Gasteiger charge is -2.00. The minimum absolute atomic E-state index is 0.759. The van der Waals surface area contributed by atoms with E-state index in [-0.39, 0.29) is 0 Å². The SMILES string of the molecule is C[13c]1[13c](N)[13cH][13cH][13cH][13c]1N. The number of hydrogen-bond donors (Lipinski definition) is 2. The summed E-state index contributed by atoms with van der Waals surface area (Å²) in [5, 5.41) is 0. The third-order valence-electron chi connectivity index (χ3n) is 1.42. The first-order chi connectivity index (χ1) is 4.22. The summed E-state index contributed by atoms with van der Waals surface area (Å²) in [6.07, 6.45) is 0. The molecule has 0 atom stereocenters. The molecule has 0 aromatic heterocycles. The third-order valence-corrected chi connectivity index (χ3v) is 1.42. The molecule has 0 fully saturated rings. The first-order valence-corrected chi connectivity index (χ1v) is 2.82. The van der Waals surface area contributed by atoms with Crippen molar-refractivity contribution in [1.29, 1.82) is 0 Å². The van der Waals surface area contributed by atoms with Crippen LogP contribution >= 0.6 is 0 Å². The van der Waals surface area contributed by atoms with Gasteiger partial charge < -0.3 is 11.5 Å². The van der Waals surface area contributed by atoms with E-state index < -0.39 is 0 Å². The maximum absolute atomic E-state index is 5.54. The van der Waals surface area contributed by atoms with Crippen LogP contribution in [-0.2, 0) is 0 Å². The van der Waals surface area contributed by atoms with Crippen LogP contribution in [0.4, 0.5) is 11.4 Å². The molecule has 2 nitrogen and oxygen atoms in total. The predicted octanol–water partition coefficient (Wildman–Crippen LogP) is 1.16. The zero-order chi connectivity index (χ0) is 6.85. The normalized spacial score (nSPS) is 9.44. The first-order valence-electron chi connectivity index (χ1n) is 2.82. The molecule has 0 aliphatic rings. The molecule has 0 spiro atoms. The summed E-state index contributed by atoms with van der Waals surface area (Å²) in [7, 11) is 0. The van der Waals surface area contributed by atoms with Crippen molar-refractivity contribution in [3.8, 4) is 0 Å². The predicted molar refractivity (Wildman–Crippen MR) is 40.0 cm³/mol. The van der Waals surface area contributed by atoms with Crippen LogP contribution in [0.25, 0.3) is 0 Å². The second-order valence-electron chi connectivity index (χ2n) is 2.06. The second kappa shape index (κ2) is 1.97. The Morgan fingerprint density at radius 2 is 1.56 bits per heavy atom. The van der Waals surface area contributed by atoms with Gasteiger partial charge in [-0.3, -0.25) is 0 Å². The molecule has 48 valence electrons. The van der Waals surface area contributed by atoms with Crippen molar-refractivity contribution < 1.29 is 0 Å². The van der Waals surface area contributed by atoms with E-state index in [1.807, 2.05) is 25.1 Å².